The summed E-state index contributed by atoms with van der Waals surface area (Å²) in [7, 11) is 0. The summed E-state index contributed by atoms with van der Waals surface area (Å²) in [6.45, 7) is 0. The van der Waals surface area contributed by atoms with E-state index in [1.165, 1.54) is 0 Å². The van der Waals surface area contributed by atoms with E-state index in [2.05, 4.69) is 15.3 Å². The van der Waals surface area contributed by atoms with Crippen LogP contribution in [-0.2, 0) is 6.42 Å². The lowest BCUT2D eigenvalue weighted by atomic mass is 10.2. The first-order chi connectivity index (χ1) is 7.79. The molecule has 16 heavy (non-hydrogen) atoms. The molecule has 2 heterocycles. The Balaban J connectivity index is 2.15. The summed E-state index contributed by atoms with van der Waals surface area (Å²) in [5, 5.41) is 12.3. The van der Waals surface area contributed by atoms with Crippen LogP contribution >= 0.6 is 23.2 Å². The van der Waals surface area contributed by atoms with Crippen LogP contribution in [0.2, 0.25) is 5.15 Å². The predicted octanol–water partition coefficient (Wildman–Crippen LogP) is 2.49. The van der Waals surface area contributed by atoms with Crippen molar-refractivity contribution in [2.75, 3.05) is 5.88 Å². The average Bonchev–Trinajstić information content (AvgIpc) is 2.76. The van der Waals surface area contributed by atoms with Crippen molar-refractivity contribution in [1.82, 2.24) is 20.0 Å². The number of rotatable bonds is 4. The molecular weight excluding hydrogens is 247 g/mol. The zero-order chi connectivity index (χ0) is 11.4. The first-order valence-corrected chi connectivity index (χ1v) is 5.80. The van der Waals surface area contributed by atoms with Crippen LogP contribution in [0.3, 0.4) is 0 Å². The molecule has 0 aliphatic rings. The molecule has 0 aromatic carbocycles. The minimum absolute atomic E-state index is 0.373. The summed E-state index contributed by atoms with van der Waals surface area (Å²) < 4.78 is 1.67. The van der Waals surface area contributed by atoms with E-state index >= 15 is 0 Å². The zero-order valence-corrected chi connectivity index (χ0v) is 9.99. The van der Waals surface area contributed by atoms with E-state index in [1.807, 2.05) is 12.4 Å². The van der Waals surface area contributed by atoms with Gasteiger partial charge in [0.05, 0.1) is 6.20 Å². The van der Waals surface area contributed by atoms with Crippen molar-refractivity contribution in [1.29, 1.82) is 0 Å². The van der Waals surface area contributed by atoms with E-state index < -0.39 is 0 Å². The minimum Gasteiger partial charge on any atom is -0.221 e. The van der Waals surface area contributed by atoms with Gasteiger partial charge in [-0.2, -0.15) is 5.10 Å². The third kappa shape index (κ3) is 2.71. The maximum absolute atomic E-state index is 5.65. The number of aryl methyl sites for hydroxylation is 1. The molecular formula is C10H10Cl2N4. The van der Waals surface area contributed by atoms with Gasteiger partial charge in [-0.1, -0.05) is 11.6 Å². The highest BCUT2D eigenvalue weighted by Crippen LogP contribution is 2.09. The number of hydrogen-bond donors (Lipinski definition) is 0. The Bertz CT molecular complexity index is 452. The summed E-state index contributed by atoms with van der Waals surface area (Å²) in [5.41, 5.74) is 1.14. The van der Waals surface area contributed by atoms with Gasteiger partial charge in [0, 0.05) is 12.1 Å². The standard InChI is InChI=1S/C10H10Cl2N4/c11-5-1-2-8-6-13-16(7-8)10-4-3-9(12)14-15-10/h3-4,6-7H,1-2,5H2. The van der Waals surface area contributed by atoms with Gasteiger partial charge in [-0.15, -0.1) is 21.8 Å². The van der Waals surface area contributed by atoms with Gasteiger partial charge in [-0.25, -0.2) is 4.68 Å². The summed E-state index contributed by atoms with van der Waals surface area (Å²) in [6.07, 6.45) is 5.59. The van der Waals surface area contributed by atoms with Crippen molar-refractivity contribution in [2.24, 2.45) is 0 Å². The summed E-state index contributed by atoms with van der Waals surface area (Å²) in [6, 6.07) is 3.46. The number of alkyl halides is 1. The summed E-state index contributed by atoms with van der Waals surface area (Å²) in [4.78, 5) is 0. The number of aromatic nitrogens is 4. The molecule has 0 atom stereocenters. The summed E-state index contributed by atoms with van der Waals surface area (Å²) in [5.74, 6) is 1.31. The van der Waals surface area contributed by atoms with Crippen LogP contribution < -0.4 is 0 Å². The molecule has 2 aromatic heterocycles. The van der Waals surface area contributed by atoms with Crippen LogP contribution in [0, 0.1) is 0 Å². The summed E-state index contributed by atoms with van der Waals surface area (Å²) >= 11 is 11.3. The molecule has 84 valence electrons. The van der Waals surface area contributed by atoms with Crippen LogP contribution in [0.25, 0.3) is 5.82 Å². The van der Waals surface area contributed by atoms with Crippen LogP contribution in [-0.4, -0.2) is 25.9 Å². The predicted molar refractivity (Wildman–Crippen MR) is 63.2 cm³/mol. The van der Waals surface area contributed by atoms with E-state index in [0.717, 1.165) is 18.4 Å². The number of hydrogen-bond acceptors (Lipinski definition) is 3. The molecule has 0 aliphatic carbocycles. The maximum Gasteiger partial charge on any atom is 0.175 e. The second-order valence-corrected chi connectivity index (χ2v) is 4.07. The van der Waals surface area contributed by atoms with Crippen molar-refractivity contribution in [3.8, 4) is 5.82 Å². The Hall–Kier alpha value is -1.13. The molecule has 6 heteroatoms. The third-order valence-corrected chi connectivity index (χ3v) is 2.56. The zero-order valence-electron chi connectivity index (χ0n) is 8.48. The van der Waals surface area contributed by atoms with Crippen LogP contribution in [0.15, 0.2) is 24.5 Å². The van der Waals surface area contributed by atoms with Gasteiger partial charge in [0.25, 0.3) is 0 Å². The normalized spacial score (nSPS) is 10.6. The van der Waals surface area contributed by atoms with Gasteiger partial charge in [0.2, 0.25) is 0 Å². The molecule has 0 aliphatic heterocycles. The number of halogens is 2. The van der Waals surface area contributed by atoms with Gasteiger partial charge in [0.15, 0.2) is 11.0 Å². The molecule has 0 amide bonds. The highest BCUT2D eigenvalue weighted by molar-refractivity contribution is 6.29. The molecule has 0 saturated carbocycles. The van der Waals surface area contributed by atoms with E-state index in [9.17, 15) is 0 Å². The molecule has 0 spiro atoms. The lowest BCUT2D eigenvalue weighted by Gasteiger charge is -1.97. The second-order valence-electron chi connectivity index (χ2n) is 3.30. The monoisotopic (exact) mass is 256 g/mol. The topological polar surface area (TPSA) is 43.6 Å². The van der Waals surface area contributed by atoms with E-state index in [-0.39, 0.29) is 0 Å². The Morgan fingerprint density at radius 2 is 2.12 bits per heavy atom. The molecule has 0 saturated heterocycles. The van der Waals surface area contributed by atoms with Crippen LogP contribution in [0.1, 0.15) is 12.0 Å². The van der Waals surface area contributed by atoms with Crippen molar-refractivity contribution >= 4 is 23.2 Å². The minimum atomic E-state index is 0.373. The quantitative estimate of drug-likeness (QED) is 0.790. The largest absolute Gasteiger partial charge is 0.221 e. The number of nitrogens with zero attached hydrogens (tertiary/aromatic N) is 4. The Kier molecular flexibility index (Phi) is 3.74. The molecule has 4 nitrogen and oxygen atoms in total. The highest BCUT2D eigenvalue weighted by Gasteiger charge is 2.02. The fourth-order valence-corrected chi connectivity index (χ4v) is 1.55. The van der Waals surface area contributed by atoms with Gasteiger partial charge in [-0.3, -0.25) is 0 Å². The Morgan fingerprint density at radius 3 is 2.81 bits per heavy atom. The molecule has 0 bridgehead atoms. The van der Waals surface area contributed by atoms with Crippen molar-refractivity contribution in [3.05, 3.63) is 35.2 Å². The van der Waals surface area contributed by atoms with Gasteiger partial charge >= 0.3 is 0 Å². The Labute approximate surface area is 103 Å². The lowest BCUT2D eigenvalue weighted by Crippen LogP contribution is -1.98. The van der Waals surface area contributed by atoms with E-state index in [0.29, 0.717) is 16.9 Å². The van der Waals surface area contributed by atoms with Crippen molar-refractivity contribution < 1.29 is 0 Å². The average molecular weight is 257 g/mol. The fourth-order valence-electron chi connectivity index (χ4n) is 1.32. The highest BCUT2D eigenvalue weighted by atomic mass is 35.5. The maximum atomic E-state index is 5.65. The fraction of sp³-hybridized carbons (Fsp3) is 0.300. The molecule has 0 unspecified atom stereocenters. The third-order valence-electron chi connectivity index (χ3n) is 2.09. The van der Waals surface area contributed by atoms with E-state index in [1.54, 1.807) is 16.8 Å². The van der Waals surface area contributed by atoms with Gasteiger partial charge in [-0.05, 0) is 30.5 Å². The van der Waals surface area contributed by atoms with Crippen molar-refractivity contribution in [3.63, 3.8) is 0 Å². The molecule has 0 N–H and O–H groups in total. The SMILES string of the molecule is ClCCCc1cnn(-c2ccc(Cl)nn2)c1. The van der Waals surface area contributed by atoms with Gasteiger partial charge in [0.1, 0.15) is 0 Å². The molecule has 2 rings (SSSR count). The smallest absolute Gasteiger partial charge is 0.175 e. The molecule has 0 radical (unpaired) electrons. The van der Waals surface area contributed by atoms with E-state index in [4.69, 9.17) is 23.2 Å². The van der Waals surface area contributed by atoms with Crippen molar-refractivity contribution in [2.45, 2.75) is 12.8 Å². The molecule has 2 aromatic rings. The Morgan fingerprint density at radius 1 is 1.25 bits per heavy atom. The first-order valence-electron chi connectivity index (χ1n) is 4.89. The lowest BCUT2D eigenvalue weighted by molar-refractivity contribution is 0.813. The molecule has 0 fully saturated rings. The second kappa shape index (κ2) is 5.27. The first kappa shape index (κ1) is 11.4. The van der Waals surface area contributed by atoms with Crippen LogP contribution in [0.5, 0.6) is 0 Å². The van der Waals surface area contributed by atoms with Crippen LogP contribution in [0.4, 0.5) is 0 Å². The van der Waals surface area contributed by atoms with Gasteiger partial charge < -0.3 is 0 Å².